The van der Waals surface area contributed by atoms with Crippen molar-refractivity contribution in [3.8, 4) is 5.75 Å². The summed E-state index contributed by atoms with van der Waals surface area (Å²) in [5, 5.41) is 8.79. The number of nitrogens with zero attached hydrogens (tertiary/aromatic N) is 1. The topological polar surface area (TPSA) is 91.9 Å². The summed E-state index contributed by atoms with van der Waals surface area (Å²) in [4.78, 5) is 27.6. The molecule has 2 aliphatic heterocycles. The lowest BCUT2D eigenvalue weighted by Crippen LogP contribution is -2.35. The SMILES string of the molecule is COc1ccc(CNC(=O)c2ccc(N3CCCC3)c(NC(=O)NC[C@@H]3CCCO3)c2)cc1. The van der Waals surface area contributed by atoms with Crippen molar-refractivity contribution in [2.24, 2.45) is 0 Å². The van der Waals surface area contributed by atoms with Crippen molar-refractivity contribution in [3.63, 3.8) is 0 Å². The Morgan fingerprint density at radius 2 is 1.85 bits per heavy atom. The van der Waals surface area contributed by atoms with Crippen molar-refractivity contribution < 1.29 is 19.1 Å². The van der Waals surface area contributed by atoms with E-state index in [1.807, 2.05) is 36.4 Å². The molecule has 0 unspecified atom stereocenters. The Labute approximate surface area is 194 Å². The molecule has 3 amide bonds. The first-order valence-electron chi connectivity index (χ1n) is 11.6. The van der Waals surface area contributed by atoms with Gasteiger partial charge in [-0.3, -0.25) is 4.79 Å². The zero-order chi connectivity index (χ0) is 23.0. The van der Waals surface area contributed by atoms with Crippen molar-refractivity contribution >= 4 is 23.3 Å². The van der Waals surface area contributed by atoms with E-state index in [1.54, 1.807) is 13.2 Å². The summed E-state index contributed by atoms with van der Waals surface area (Å²) in [5.74, 6) is 0.581. The van der Waals surface area contributed by atoms with Crippen LogP contribution in [0.2, 0.25) is 0 Å². The van der Waals surface area contributed by atoms with Gasteiger partial charge in [-0.2, -0.15) is 0 Å². The second-order valence-electron chi connectivity index (χ2n) is 8.43. The van der Waals surface area contributed by atoms with Crippen LogP contribution in [0.5, 0.6) is 5.75 Å². The van der Waals surface area contributed by atoms with Gasteiger partial charge in [0.2, 0.25) is 0 Å². The summed E-state index contributed by atoms with van der Waals surface area (Å²) < 4.78 is 10.7. The second-order valence-corrected chi connectivity index (χ2v) is 8.43. The van der Waals surface area contributed by atoms with Gasteiger partial charge in [0.05, 0.1) is 24.6 Å². The van der Waals surface area contributed by atoms with E-state index in [0.717, 1.165) is 62.4 Å². The fraction of sp³-hybridized carbons (Fsp3) is 0.440. The third kappa shape index (κ3) is 6.16. The van der Waals surface area contributed by atoms with Crippen molar-refractivity contribution in [2.75, 3.05) is 43.6 Å². The summed E-state index contributed by atoms with van der Waals surface area (Å²) in [6, 6.07) is 12.8. The molecular formula is C25H32N4O4. The van der Waals surface area contributed by atoms with E-state index >= 15 is 0 Å². The third-order valence-corrected chi connectivity index (χ3v) is 6.08. The number of nitrogens with one attached hydrogen (secondary N) is 3. The van der Waals surface area contributed by atoms with E-state index in [0.29, 0.717) is 24.3 Å². The van der Waals surface area contributed by atoms with Crippen molar-refractivity contribution in [3.05, 3.63) is 53.6 Å². The van der Waals surface area contributed by atoms with Gasteiger partial charge in [0, 0.05) is 38.3 Å². The fourth-order valence-corrected chi connectivity index (χ4v) is 4.22. The summed E-state index contributed by atoms with van der Waals surface area (Å²) in [5.41, 5.74) is 3.05. The number of ether oxygens (including phenoxy) is 2. The lowest BCUT2D eigenvalue weighted by Gasteiger charge is -2.22. The van der Waals surface area contributed by atoms with Gasteiger partial charge in [-0.05, 0) is 61.6 Å². The molecule has 0 spiro atoms. The predicted octanol–water partition coefficient (Wildman–Crippen LogP) is 3.53. The molecular weight excluding hydrogens is 420 g/mol. The molecule has 1 atom stereocenters. The van der Waals surface area contributed by atoms with Gasteiger partial charge in [-0.15, -0.1) is 0 Å². The molecule has 2 aliphatic rings. The first-order valence-corrected chi connectivity index (χ1v) is 11.6. The molecule has 0 aromatic heterocycles. The number of carbonyl (C=O) groups excluding carboxylic acids is 2. The van der Waals surface area contributed by atoms with E-state index in [2.05, 4.69) is 20.9 Å². The number of methoxy groups -OCH3 is 1. The first-order chi connectivity index (χ1) is 16.1. The van der Waals surface area contributed by atoms with Gasteiger partial charge < -0.3 is 30.3 Å². The molecule has 0 saturated carbocycles. The van der Waals surface area contributed by atoms with Crippen molar-refractivity contribution in [1.82, 2.24) is 10.6 Å². The molecule has 2 fully saturated rings. The standard InChI is InChI=1S/C25H32N4O4/c1-32-20-9-6-18(7-10-20)16-26-24(30)19-8-11-23(29-12-2-3-13-29)22(15-19)28-25(31)27-17-21-5-4-14-33-21/h6-11,15,21H,2-5,12-14,16-17H2,1H3,(H,26,30)(H2,27,28,31)/t21-/m0/s1. The summed E-state index contributed by atoms with van der Waals surface area (Å²) >= 11 is 0. The molecule has 0 bridgehead atoms. The first kappa shape index (κ1) is 22.9. The van der Waals surface area contributed by atoms with Crippen LogP contribution in [0.25, 0.3) is 0 Å². The predicted molar refractivity (Wildman–Crippen MR) is 128 cm³/mol. The molecule has 0 aliphatic carbocycles. The average Bonchev–Trinajstić information content (AvgIpc) is 3.56. The molecule has 8 heteroatoms. The van der Waals surface area contributed by atoms with E-state index in [-0.39, 0.29) is 18.0 Å². The minimum atomic E-state index is -0.290. The summed E-state index contributed by atoms with van der Waals surface area (Å²) in [6.07, 6.45) is 4.30. The Hall–Kier alpha value is -3.26. The number of rotatable bonds is 8. The van der Waals surface area contributed by atoms with E-state index in [9.17, 15) is 9.59 Å². The maximum absolute atomic E-state index is 12.8. The maximum Gasteiger partial charge on any atom is 0.319 e. The third-order valence-electron chi connectivity index (χ3n) is 6.08. The van der Waals surface area contributed by atoms with Crippen LogP contribution in [-0.2, 0) is 11.3 Å². The number of hydrogen-bond acceptors (Lipinski definition) is 5. The van der Waals surface area contributed by atoms with Gasteiger partial charge in [0.1, 0.15) is 5.75 Å². The monoisotopic (exact) mass is 452 g/mol. The van der Waals surface area contributed by atoms with Crippen molar-refractivity contribution in [2.45, 2.75) is 38.3 Å². The number of amides is 3. The number of urea groups is 1. The molecule has 3 N–H and O–H groups in total. The van der Waals surface area contributed by atoms with Gasteiger partial charge in [-0.25, -0.2) is 4.79 Å². The van der Waals surface area contributed by atoms with Crippen LogP contribution in [0, 0.1) is 0 Å². The Morgan fingerprint density at radius 1 is 1.06 bits per heavy atom. The van der Waals surface area contributed by atoms with E-state index < -0.39 is 0 Å². The lowest BCUT2D eigenvalue weighted by atomic mass is 10.1. The molecule has 8 nitrogen and oxygen atoms in total. The molecule has 2 saturated heterocycles. The quantitative estimate of drug-likeness (QED) is 0.570. The van der Waals surface area contributed by atoms with Crippen LogP contribution in [0.15, 0.2) is 42.5 Å². The zero-order valence-corrected chi connectivity index (χ0v) is 19.1. The smallest absolute Gasteiger partial charge is 0.319 e. The highest BCUT2D eigenvalue weighted by atomic mass is 16.5. The minimum Gasteiger partial charge on any atom is -0.497 e. The minimum absolute atomic E-state index is 0.0730. The summed E-state index contributed by atoms with van der Waals surface area (Å²) in [6.45, 7) is 3.51. The van der Waals surface area contributed by atoms with Crippen LogP contribution in [0.4, 0.5) is 16.2 Å². The molecule has 2 aromatic rings. The van der Waals surface area contributed by atoms with Crippen LogP contribution in [0.3, 0.4) is 0 Å². The molecule has 33 heavy (non-hydrogen) atoms. The van der Waals surface area contributed by atoms with Gasteiger partial charge in [0.25, 0.3) is 5.91 Å². The van der Waals surface area contributed by atoms with Crippen molar-refractivity contribution in [1.29, 1.82) is 0 Å². The lowest BCUT2D eigenvalue weighted by molar-refractivity contribution is 0.0951. The van der Waals surface area contributed by atoms with E-state index in [4.69, 9.17) is 9.47 Å². The van der Waals surface area contributed by atoms with Gasteiger partial charge >= 0.3 is 6.03 Å². The second kappa shape index (κ2) is 11.0. The van der Waals surface area contributed by atoms with Crippen LogP contribution >= 0.6 is 0 Å². The van der Waals surface area contributed by atoms with Crippen LogP contribution in [0.1, 0.15) is 41.6 Å². The van der Waals surface area contributed by atoms with Crippen LogP contribution < -0.4 is 25.6 Å². The normalized spacial score (nSPS) is 17.6. The van der Waals surface area contributed by atoms with Gasteiger partial charge in [-0.1, -0.05) is 12.1 Å². The average molecular weight is 453 g/mol. The maximum atomic E-state index is 12.8. The number of benzene rings is 2. The Balaban J connectivity index is 1.42. The fourth-order valence-electron chi connectivity index (χ4n) is 4.22. The van der Waals surface area contributed by atoms with Crippen LogP contribution in [-0.4, -0.2) is 51.4 Å². The summed E-state index contributed by atoms with van der Waals surface area (Å²) in [7, 11) is 1.62. The molecule has 0 radical (unpaired) electrons. The number of carbonyl (C=O) groups is 2. The molecule has 2 aromatic carbocycles. The number of anilines is 2. The highest BCUT2D eigenvalue weighted by Gasteiger charge is 2.20. The highest BCUT2D eigenvalue weighted by molar-refractivity contribution is 5.99. The largest absolute Gasteiger partial charge is 0.497 e. The highest BCUT2D eigenvalue weighted by Crippen LogP contribution is 2.30. The molecule has 2 heterocycles. The molecule has 176 valence electrons. The Bertz CT molecular complexity index is 951. The zero-order valence-electron chi connectivity index (χ0n) is 19.1. The van der Waals surface area contributed by atoms with Gasteiger partial charge in [0.15, 0.2) is 0 Å². The Kier molecular flexibility index (Phi) is 7.67. The van der Waals surface area contributed by atoms with E-state index in [1.165, 1.54) is 0 Å². The number of hydrogen-bond donors (Lipinski definition) is 3. The molecule has 4 rings (SSSR count). The Morgan fingerprint density at radius 3 is 2.55 bits per heavy atom.